The highest BCUT2D eigenvalue weighted by molar-refractivity contribution is 14.0. The average molecular weight is 496 g/mol. The number of guanidine groups is 1. The second-order valence-electron chi connectivity index (χ2n) is 6.35. The Kier molecular flexibility index (Phi) is 12.4. The zero-order chi connectivity index (χ0) is 17.9. The number of aryl methyl sites for hydroxylation is 2. The highest BCUT2D eigenvalue weighted by atomic mass is 127. The van der Waals surface area contributed by atoms with E-state index in [1.165, 1.54) is 4.88 Å². The van der Waals surface area contributed by atoms with Crippen molar-refractivity contribution in [2.24, 2.45) is 10.9 Å². The minimum Gasteiger partial charge on any atom is -0.381 e. The van der Waals surface area contributed by atoms with E-state index in [2.05, 4.69) is 27.5 Å². The highest BCUT2D eigenvalue weighted by Gasteiger charge is 2.13. The van der Waals surface area contributed by atoms with Crippen LogP contribution < -0.4 is 10.6 Å². The molecule has 150 valence electrons. The normalized spacial score (nSPS) is 15.6. The maximum atomic E-state index is 5.80. The molecule has 1 aromatic heterocycles. The van der Waals surface area contributed by atoms with Gasteiger partial charge in [0.25, 0.3) is 0 Å². The van der Waals surface area contributed by atoms with Gasteiger partial charge in [0.1, 0.15) is 0 Å². The third-order valence-corrected chi connectivity index (χ3v) is 5.23. The minimum absolute atomic E-state index is 0. The largest absolute Gasteiger partial charge is 0.381 e. The maximum absolute atomic E-state index is 5.80. The lowest BCUT2D eigenvalue weighted by atomic mass is 10.0. The van der Waals surface area contributed by atoms with Crippen LogP contribution in [0.2, 0.25) is 0 Å². The lowest BCUT2D eigenvalue weighted by molar-refractivity contribution is 0.0203. The van der Waals surface area contributed by atoms with Crippen LogP contribution in [-0.2, 0) is 16.0 Å². The third-order valence-electron chi connectivity index (χ3n) is 4.18. The second-order valence-corrected chi connectivity index (χ2v) is 7.64. The number of thiazole rings is 1. The minimum atomic E-state index is 0. The molecule has 6 nitrogen and oxygen atoms in total. The van der Waals surface area contributed by atoms with Crippen molar-refractivity contribution >= 4 is 41.3 Å². The van der Waals surface area contributed by atoms with Crippen molar-refractivity contribution in [1.82, 2.24) is 15.6 Å². The van der Waals surface area contributed by atoms with E-state index in [1.807, 2.05) is 13.8 Å². The summed E-state index contributed by atoms with van der Waals surface area (Å²) in [5.74, 6) is 1.53. The van der Waals surface area contributed by atoms with Crippen LogP contribution in [0, 0.1) is 19.8 Å². The highest BCUT2D eigenvalue weighted by Crippen LogP contribution is 2.17. The molecule has 0 saturated carbocycles. The fourth-order valence-corrected chi connectivity index (χ4v) is 3.62. The van der Waals surface area contributed by atoms with E-state index in [9.17, 15) is 0 Å². The first-order valence-electron chi connectivity index (χ1n) is 9.29. The molecule has 1 fully saturated rings. The van der Waals surface area contributed by atoms with Crippen LogP contribution in [0.1, 0.15) is 41.8 Å². The first-order valence-corrected chi connectivity index (χ1v) is 10.1. The fraction of sp³-hybridized carbons (Fsp3) is 0.778. The quantitative estimate of drug-likeness (QED) is 0.238. The van der Waals surface area contributed by atoms with Gasteiger partial charge in [-0.1, -0.05) is 0 Å². The van der Waals surface area contributed by atoms with Gasteiger partial charge in [-0.05, 0) is 46.0 Å². The van der Waals surface area contributed by atoms with Crippen LogP contribution in [0.4, 0.5) is 0 Å². The van der Waals surface area contributed by atoms with E-state index in [0.29, 0.717) is 12.5 Å². The Morgan fingerprint density at radius 2 is 2.08 bits per heavy atom. The summed E-state index contributed by atoms with van der Waals surface area (Å²) in [4.78, 5) is 10.3. The van der Waals surface area contributed by atoms with E-state index in [-0.39, 0.29) is 24.0 Å². The van der Waals surface area contributed by atoms with E-state index < -0.39 is 0 Å². The lowest BCUT2D eigenvalue weighted by Crippen LogP contribution is -2.38. The number of ether oxygens (including phenoxy) is 2. The molecule has 1 aliphatic rings. The molecule has 2 N–H and O–H groups in total. The van der Waals surface area contributed by atoms with Gasteiger partial charge >= 0.3 is 0 Å². The maximum Gasteiger partial charge on any atom is 0.191 e. The SMILES string of the molecule is CCNC(=NCc1sc(C)nc1C)NCCCOCC1CCOCC1.I. The number of aromatic nitrogens is 1. The van der Waals surface area contributed by atoms with Gasteiger partial charge in [-0.2, -0.15) is 0 Å². The molecule has 0 unspecified atom stereocenters. The van der Waals surface area contributed by atoms with Gasteiger partial charge in [0, 0.05) is 44.4 Å². The molecule has 1 aromatic rings. The molecule has 2 heterocycles. The lowest BCUT2D eigenvalue weighted by Gasteiger charge is -2.21. The molecule has 0 aliphatic carbocycles. The smallest absolute Gasteiger partial charge is 0.191 e. The van der Waals surface area contributed by atoms with Gasteiger partial charge in [-0.25, -0.2) is 9.98 Å². The molecule has 1 aliphatic heterocycles. The molecule has 26 heavy (non-hydrogen) atoms. The Morgan fingerprint density at radius 3 is 2.73 bits per heavy atom. The molecule has 0 spiro atoms. The summed E-state index contributed by atoms with van der Waals surface area (Å²) in [6, 6.07) is 0. The number of aliphatic imine (C=N–C) groups is 1. The molecule has 1 saturated heterocycles. The molecule has 0 bridgehead atoms. The van der Waals surface area contributed by atoms with Gasteiger partial charge in [-0.3, -0.25) is 0 Å². The molecular formula is C18H33IN4O2S. The van der Waals surface area contributed by atoms with Gasteiger partial charge < -0.3 is 20.1 Å². The Bertz CT molecular complexity index is 533. The first kappa shape index (κ1) is 23.6. The Labute approximate surface area is 178 Å². The van der Waals surface area contributed by atoms with Crippen LogP contribution >= 0.6 is 35.3 Å². The van der Waals surface area contributed by atoms with Crippen LogP contribution in [-0.4, -0.2) is 50.5 Å². The molecular weight excluding hydrogens is 463 g/mol. The summed E-state index contributed by atoms with van der Waals surface area (Å²) in [6.45, 7) is 12.0. The number of rotatable bonds is 9. The number of nitrogens with zero attached hydrogens (tertiary/aromatic N) is 2. The van der Waals surface area contributed by atoms with E-state index in [0.717, 1.165) is 75.4 Å². The Morgan fingerprint density at radius 1 is 1.31 bits per heavy atom. The number of hydrogen-bond donors (Lipinski definition) is 2. The zero-order valence-electron chi connectivity index (χ0n) is 16.2. The first-order chi connectivity index (χ1) is 12.2. The Hall–Kier alpha value is -0.450. The van der Waals surface area contributed by atoms with Crippen molar-refractivity contribution in [2.75, 3.05) is 39.5 Å². The molecule has 0 amide bonds. The van der Waals surface area contributed by atoms with Gasteiger partial charge in [0.05, 0.1) is 17.2 Å². The van der Waals surface area contributed by atoms with Gasteiger partial charge in [0.2, 0.25) is 0 Å². The summed E-state index contributed by atoms with van der Waals surface area (Å²) < 4.78 is 11.2. The predicted molar refractivity (Wildman–Crippen MR) is 119 cm³/mol. The predicted octanol–water partition coefficient (Wildman–Crippen LogP) is 3.27. The Balaban J connectivity index is 0.00000338. The van der Waals surface area contributed by atoms with Crippen LogP contribution in [0.5, 0.6) is 0 Å². The van der Waals surface area contributed by atoms with Gasteiger partial charge in [0.15, 0.2) is 5.96 Å². The van der Waals surface area contributed by atoms with Gasteiger partial charge in [-0.15, -0.1) is 35.3 Å². The van der Waals surface area contributed by atoms with E-state index in [1.54, 1.807) is 11.3 Å². The molecule has 0 atom stereocenters. The van der Waals surface area contributed by atoms with Crippen molar-refractivity contribution < 1.29 is 9.47 Å². The summed E-state index contributed by atoms with van der Waals surface area (Å²) in [5.41, 5.74) is 1.09. The standard InChI is InChI=1S/C18H32N4O2S.HI/c1-4-19-18(21-12-17-14(2)22-15(3)25-17)20-8-5-9-24-13-16-6-10-23-11-7-16;/h16H,4-13H2,1-3H3,(H2,19,20,21);1H. The van der Waals surface area contributed by atoms with Crippen molar-refractivity contribution in [2.45, 2.75) is 46.6 Å². The third kappa shape index (κ3) is 8.96. The van der Waals surface area contributed by atoms with Crippen LogP contribution in [0.3, 0.4) is 0 Å². The van der Waals surface area contributed by atoms with Crippen molar-refractivity contribution in [3.8, 4) is 0 Å². The zero-order valence-corrected chi connectivity index (χ0v) is 19.3. The number of nitrogens with one attached hydrogen (secondary N) is 2. The van der Waals surface area contributed by atoms with E-state index >= 15 is 0 Å². The molecule has 0 radical (unpaired) electrons. The van der Waals surface area contributed by atoms with Crippen LogP contribution in [0.15, 0.2) is 4.99 Å². The summed E-state index contributed by atoms with van der Waals surface area (Å²) in [6.07, 6.45) is 3.24. The van der Waals surface area contributed by atoms with Crippen molar-refractivity contribution in [1.29, 1.82) is 0 Å². The van der Waals surface area contributed by atoms with E-state index in [4.69, 9.17) is 9.47 Å². The fourth-order valence-electron chi connectivity index (χ4n) is 2.76. The molecule has 2 rings (SSSR count). The monoisotopic (exact) mass is 496 g/mol. The summed E-state index contributed by atoms with van der Waals surface area (Å²) in [5, 5.41) is 7.77. The van der Waals surface area contributed by atoms with Crippen LogP contribution in [0.25, 0.3) is 0 Å². The topological polar surface area (TPSA) is 67.8 Å². The molecule has 0 aromatic carbocycles. The second kappa shape index (κ2) is 13.7. The molecule has 8 heteroatoms. The number of hydrogen-bond acceptors (Lipinski definition) is 5. The summed E-state index contributed by atoms with van der Waals surface area (Å²) in [7, 11) is 0. The van der Waals surface area contributed by atoms with Crippen molar-refractivity contribution in [3.63, 3.8) is 0 Å². The average Bonchev–Trinajstić information content (AvgIpc) is 2.94. The summed E-state index contributed by atoms with van der Waals surface area (Å²) >= 11 is 1.72. The van der Waals surface area contributed by atoms with Crippen molar-refractivity contribution in [3.05, 3.63) is 15.6 Å². The number of halogens is 1.